The van der Waals surface area contributed by atoms with E-state index in [0.29, 0.717) is 5.69 Å². The number of imide groups is 1. The molecular formula is C18H15FN2O3. The SMILES string of the molecule is CN1O[C@H]2C(=O)N(c3ccccc3)C(=O)[C@@H]2[C@@H]1c1ccc(F)cc1. The van der Waals surface area contributed by atoms with E-state index < -0.39 is 18.1 Å². The van der Waals surface area contributed by atoms with Crippen molar-refractivity contribution < 1.29 is 18.8 Å². The Bertz CT molecular complexity index is 794. The molecule has 0 unspecified atom stereocenters. The van der Waals surface area contributed by atoms with Crippen LogP contribution in [-0.2, 0) is 14.4 Å². The summed E-state index contributed by atoms with van der Waals surface area (Å²) in [7, 11) is 1.68. The van der Waals surface area contributed by atoms with E-state index in [-0.39, 0.29) is 17.6 Å². The van der Waals surface area contributed by atoms with Crippen LogP contribution in [0.25, 0.3) is 0 Å². The number of benzene rings is 2. The predicted molar refractivity (Wildman–Crippen MR) is 84.2 cm³/mol. The van der Waals surface area contributed by atoms with Gasteiger partial charge in [-0.1, -0.05) is 30.3 Å². The Balaban J connectivity index is 1.72. The summed E-state index contributed by atoms with van der Waals surface area (Å²) < 4.78 is 13.2. The summed E-state index contributed by atoms with van der Waals surface area (Å²) in [5, 5.41) is 1.51. The van der Waals surface area contributed by atoms with Gasteiger partial charge < -0.3 is 0 Å². The van der Waals surface area contributed by atoms with Crippen LogP contribution in [0, 0.1) is 11.7 Å². The number of hydroxylamine groups is 2. The molecule has 0 aliphatic carbocycles. The van der Waals surface area contributed by atoms with Crippen molar-refractivity contribution in [3.05, 3.63) is 66.0 Å². The van der Waals surface area contributed by atoms with Crippen LogP contribution >= 0.6 is 0 Å². The summed E-state index contributed by atoms with van der Waals surface area (Å²) in [6.07, 6.45) is -0.849. The third kappa shape index (κ3) is 2.15. The maximum Gasteiger partial charge on any atom is 0.265 e. The zero-order valence-electron chi connectivity index (χ0n) is 12.9. The molecule has 2 amide bonds. The van der Waals surface area contributed by atoms with Gasteiger partial charge in [0.1, 0.15) is 5.82 Å². The second-order valence-electron chi connectivity index (χ2n) is 5.94. The monoisotopic (exact) mass is 326 g/mol. The van der Waals surface area contributed by atoms with E-state index in [1.807, 2.05) is 6.07 Å². The number of nitrogens with zero attached hydrogens (tertiary/aromatic N) is 2. The molecule has 6 heteroatoms. The van der Waals surface area contributed by atoms with Crippen molar-refractivity contribution in [3.8, 4) is 0 Å². The van der Waals surface area contributed by atoms with Gasteiger partial charge in [-0.25, -0.2) is 9.29 Å². The van der Waals surface area contributed by atoms with Gasteiger partial charge in [-0.15, -0.1) is 0 Å². The quantitative estimate of drug-likeness (QED) is 0.795. The molecule has 24 heavy (non-hydrogen) atoms. The maximum absolute atomic E-state index is 13.2. The molecule has 0 saturated carbocycles. The molecule has 0 aromatic heterocycles. The van der Waals surface area contributed by atoms with Gasteiger partial charge in [0.05, 0.1) is 17.6 Å². The highest BCUT2D eigenvalue weighted by Crippen LogP contribution is 2.44. The zero-order valence-corrected chi connectivity index (χ0v) is 12.9. The molecule has 5 nitrogen and oxygen atoms in total. The van der Waals surface area contributed by atoms with Crippen molar-refractivity contribution in [1.29, 1.82) is 0 Å². The van der Waals surface area contributed by atoms with Crippen molar-refractivity contribution in [1.82, 2.24) is 5.06 Å². The number of para-hydroxylation sites is 1. The lowest BCUT2D eigenvalue weighted by molar-refractivity contribution is -0.160. The minimum Gasteiger partial charge on any atom is -0.284 e. The molecular weight excluding hydrogens is 311 g/mol. The lowest BCUT2D eigenvalue weighted by atomic mass is 9.91. The highest BCUT2D eigenvalue weighted by atomic mass is 19.1. The standard InChI is InChI=1S/C18H15FN2O3/c1-20-15(11-7-9-12(19)10-8-11)14-16(24-20)18(23)21(17(14)22)13-5-3-2-4-6-13/h2-10,14-16H,1H3/t14-,15+,16-/m1/s1. The average molecular weight is 326 g/mol. The normalized spacial score (nSPS) is 26.9. The van der Waals surface area contributed by atoms with Crippen molar-refractivity contribution >= 4 is 17.5 Å². The summed E-state index contributed by atoms with van der Waals surface area (Å²) in [4.78, 5) is 32.4. The lowest BCUT2D eigenvalue weighted by Crippen LogP contribution is -2.36. The summed E-state index contributed by atoms with van der Waals surface area (Å²) in [6, 6.07) is 14.3. The van der Waals surface area contributed by atoms with Crippen LogP contribution < -0.4 is 4.90 Å². The smallest absolute Gasteiger partial charge is 0.265 e. The van der Waals surface area contributed by atoms with Crippen LogP contribution in [0.2, 0.25) is 0 Å². The van der Waals surface area contributed by atoms with E-state index in [0.717, 1.165) is 5.56 Å². The van der Waals surface area contributed by atoms with Crippen LogP contribution in [0.3, 0.4) is 0 Å². The number of carbonyl (C=O) groups excluding carboxylic acids is 2. The van der Waals surface area contributed by atoms with Gasteiger partial charge in [0.2, 0.25) is 5.91 Å². The van der Waals surface area contributed by atoms with Crippen molar-refractivity contribution in [3.63, 3.8) is 0 Å². The fraction of sp³-hybridized carbons (Fsp3) is 0.222. The molecule has 2 heterocycles. The first-order chi connectivity index (χ1) is 11.6. The van der Waals surface area contributed by atoms with Gasteiger partial charge in [-0.3, -0.25) is 14.4 Å². The Morgan fingerprint density at radius 1 is 0.958 bits per heavy atom. The van der Waals surface area contributed by atoms with E-state index in [1.165, 1.54) is 22.1 Å². The fourth-order valence-corrected chi connectivity index (χ4v) is 3.46. The molecule has 2 saturated heterocycles. The molecule has 4 rings (SSSR count). The van der Waals surface area contributed by atoms with Crippen LogP contribution in [-0.4, -0.2) is 30.0 Å². The number of rotatable bonds is 2. The molecule has 2 aromatic rings. The summed E-state index contributed by atoms with van der Waals surface area (Å²) in [5.74, 6) is -1.66. The number of halogens is 1. The minimum atomic E-state index is -0.849. The summed E-state index contributed by atoms with van der Waals surface area (Å²) in [5.41, 5.74) is 1.27. The van der Waals surface area contributed by atoms with Gasteiger partial charge in [0.25, 0.3) is 5.91 Å². The molecule has 0 spiro atoms. The predicted octanol–water partition coefficient (Wildman–Crippen LogP) is 2.30. The Labute approximate surface area is 138 Å². The molecule has 2 fully saturated rings. The van der Waals surface area contributed by atoms with Crippen LogP contribution in [0.4, 0.5) is 10.1 Å². The Morgan fingerprint density at radius 3 is 2.29 bits per heavy atom. The Hall–Kier alpha value is -2.57. The molecule has 0 bridgehead atoms. The van der Waals surface area contributed by atoms with Gasteiger partial charge >= 0.3 is 0 Å². The number of hydrogen-bond donors (Lipinski definition) is 0. The molecule has 2 aliphatic heterocycles. The van der Waals surface area contributed by atoms with E-state index >= 15 is 0 Å². The van der Waals surface area contributed by atoms with Crippen LogP contribution in [0.15, 0.2) is 54.6 Å². The minimum absolute atomic E-state index is 0.296. The van der Waals surface area contributed by atoms with Gasteiger partial charge in [-0.2, -0.15) is 5.06 Å². The highest BCUT2D eigenvalue weighted by molar-refractivity contribution is 6.23. The van der Waals surface area contributed by atoms with Crippen LogP contribution in [0.5, 0.6) is 0 Å². The number of fused-ring (bicyclic) bond motifs is 1. The fourth-order valence-electron chi connectivity index (χ4n) is 3.46. The van der Waals surface area contributed by atoms with Gasteiger partial charge in [-0.05, 0) is 29.8 Å². The van der Waals surface area contributed by atoms with Gasteiger partial charge in [0.15, 0.2) is 6.10 Å². The maximum atomic E-state index is 13.2. The van der Waals surface area contributed by atoms with Crippen molar-refractivity contribution in [2.45, 2.75) is 12.1 Å². The number of anilines is 1. The third-order valence-corrected chi connectivity index (χ3v) is 4.53. The van der Waals surface area contributed by atoms with E-state index in [1.54, 1.807) is 43.4 Å². The van der Waals surface area contributed by atoms with Crippen LogP contribution in [0.1, 0.15) is 11.6 Å². The Morgan fingerprint density at radius 2 is 1.62 bits per heavy atom. The lowest BCUT2D eigenvalue weighted by Gasteiger charge is -2.24. The molecule has 2 aromatic carbocycles. The van der Waals surface area contributed by atoms with Crippen molar-refractivity contribution in [2.24, 2.45) is 5.92 Å². The van der Waals surface area contributed by atoms with Crippen molar-refractivity contribution in [2.75, 3.05) is 11.9 Å². The second kappa shape index (κ2) is 5.51. The summed E-state index contributed by atoms with van der Waals surface area (Å²) in [6.45, 7) is 0. The Kier molecular flexibility index (Phi) is 3.44. The number of hydrogen-bond acceptors (Lipinski definition) is 4. The zero-order chi connectivity index (χ0) is 16.8. The topological polar surface area (TPSA) is 49.9 Å². The molecule has 2 aliphatic rings. The van der Waals surface area contributed by atoms with E-state index in [4.69, 9.17) is 4.84 Å². The molecule has 3 atom stereocenters. The largest absolute Gasteiger partial charge is 0.284 e. The first-order valence-electron chi connectivity index (χ1n) is 7.66. The number of amides is 2. The highest BCUT2D eigenvalue weighted by Gasteiger charge is 2.59. The molecule has 0 radical (unpaired) electrons. The first-order valence-corrected chi connectivity index (χ1v) is 7.66. The van der Waals surface area contributed by atoms with E-state index in [9.17, 15) is 14.0 Å². The molecule has 122 valence electrons. The summed E-state index contributed by atoms with van der Waals surface area (Å²) >= 11 is 0. The number of carbonyl (C=O) groups is 2. The average Bonchev–Trinajstić information content (AvgIpc) is 3.04. The van der Waals surface area contributed by atoms with E-state index in [2.05, 4.69) is 0 Å². The molecule has 0 N–H and O–H groups in total. The first kappa shape index (κ1) is 15.0. The second-order valence-corrected chi connectivity index (χ2v) is 5.94. The third-order valence-electron chi connectivity index (χ3n) is 4.53. The van der Waals surface area contributed by atoms with Gasteiger partial charge in [0, 0.05) is 7.05 Å².